The number of hydrogen-bond donors (Lipinski definition) is 1. The molecular formula is C17H17BrO2. The Morgan fingerprint density at radius 2 is 2.00 bits per heavy atom. The fraction of sp³-hybridized carbons (Fsp3) is 0.294. The van der Waals surface area contributed by atoms with Crippen LogP contribution in [0.15, 0.2) is 46.9 Å². The molecule has 1 N–H and O–H groups in total. The third-order valence-corrected chi connectivity index (χ3v) is 4.47. The highest BCUT2D eigenvalue weighted by Gasteiger charge is 2.30. The van der Waals surface area contributed by atoms with Crippen molar-refractivity contribution in [2.45, 2.75) is 25.4 Å². The molecule has 1 unspecified atom stereocenters. The van der Waals surface area contributed by atoms with E-state index in [1.165, 1.54) is 5.56 Å². The van der Waals surface area contributed by atoms with E-state index >= 15 is 0 Å². The monoisotopic (exact) mass is 332 g/mol. The zero-order valence-electron chi connectivity index (χ0n) is 11.4. The minimum atomic E-state index is -0.957. The SMILES string of the molecule is CCC(O)(c1cccc(Br)c1)c1ccc2c(c1)CCO2. The van der Waals surface area contributed by atoms with Crippen molar-refractivity contribution in [2.24, 2.45) is 0 Å². The topological polar surface area (TPSA) is 29.5 Å². The molecule has 20 heavy (non-hydrogen) atoms. The molecule has 0 bridgehead atoms. The van der Waals surface area contributed by atoms with E-state index in [2.05, 4.69) is 22.0 Å². The number of halogens is 1. The van der Waals surface area contributed by atoms with E-state index in [9.17, 15) is 5.11 Å². The molecule has 0 saturated carbocycles. The second-order valence-corrected chi connectivity index (χ2v) is 6.06. The van der Waals surface area contributed by atoms with Gasteiger partial charge < -0.3 is 9.84 Å². The van der Waals surface area contributed by atoms with Crippen LogP contribution in [0.1, 0.15) is 30.0 Å². The lowest BCUT2D eigenvalue weighted by Crippen LogP contribution is -2.26. The number of aliphatic hydroxyl groups is 1. The smallest absolute Gasteiger partial charge is 0.122 e. The Balaban J connectivity index is 2.08. The molecule has 0 aliphatic carbocycles. The van der Waals surface area contributed by atoms with Gasteiger partial charge in [-0.05, 0) is 47.4 Å². The Hall–Kier alpha value is -1.32. The summed E-state index contributed by atoms with van der Waals surface area (Å²) in [5, 5.41) is 11.2. The maximum Gasteiger partial charge on any atom is 0.122 e. The first kappa shape index (κ1) is 13.7. The molecule has 0 amide bonds. The molecule has 0 spiro atoms. The first-order chi connectivity index (χ1) is 9.63. The highest BCUT2D eigenvalue weighted by molar-refractivity contribution is 9.10. The maximum atomic E-state index is 11.2. The molecule has 2 aromatic carbocycles. The average molecular weight is 333 g/mol. The summed E-state index contributed by atoms with van der Waals surface area (Å²) in [7, 11) is 0. The van der Waals surface area contributed by atoms with E-state index in [4.69, 9.17) is 4.74 Å². The lowest BCUT2D eigenvalue weighted by molar-refractivity contribution is 0.0764. The summed E-state index contributed by atoms with van der Waals surface area (Å²) >= 11 is 3.47. The van der Waals surface area contributed by atoms with Crippen LogP contribution in [0.4, 0.5) is 0 Å². The summed E-state index contributed by atoms with van der Waals surface area (Å²) in [4.78, 5) is 0. The van der Waals surface area contributed by atoms with E-state index in [0.29, 0.717) is 6.42 Å². The standard InChI is InChI=1S/C17H17BrO2/c1-2-17(19,13-4-3-5-15(18)11-13)14-6-7-16-12(10-14)8-9-20-16/h3-7,10-11,19H,2,8-9H2,1H3. The number of hydrogen-bond acceptors (Lipinski definition) is 2. The Kier molecular flexibility index (Phi) is 3.57. The first-order valence-electron chi connectivity index (χ1n) is 6.88. The Morgan fingerprint density at radius 1 is 1.20 bits per heavy atom. The van der Waals surface area contributed by atoms with Gasteiger partial charge in [0.2, 0.25) is 0 Å². The second-order valence-electron chi connectivity index (χ2n) is 5.15. The molecule has 1 aliphatic rings. The summed E-state index contributed by atoms with van der Waals surface area (Å²) in [6.07, 6.45) is 1.55. The van der Waals surface area contributed by atoms with Crippen LogP contribution in [0.2, 0.25) is 0 Å². The van der Waals surface area contributed by atoms with Crippen molar-refractivity contribution >= 4 is 15.9 Å². The van der Waals surface area contributed by atoms with E-state index in [-0.39, 0.29) is 0 Å². The summed E-state index contributed by atoms with van der Waals surface area (Å²) in [6, 6.07) is 13.9. The molecule has 0 saturated heterocycles. The lowest BCUT2D eigenvalue weighted by Gasteiger charge is -2.28. The van der Waals surface area contributed by atoms with Gasteiger partial charge >= 0.3 is 0 Å². The van der Waals surface area contributed by atoms with Crippen LogP contribution in [0.5, 0.6) is 5.75 Å². The highest BCUT2D eigenvalue weighted by Crippen LogP contribution is 2.37. The zero-order valence-corrected chi connectivity index (χ0v) is 13.0. The molecule has 104 valence electrons. The van der Waals surface area contributed by atoms with Crippen molar-refractivity contribution in [3.63, 3.8) is 0 Å². The van der Waals surface area contributed by atoms with E-state index < -0.39 is 5.60 Å². The number of rotatable bonds is 3. The normalized spacial score (nSPS) is 16.4. The Bertz CT molecular complexity index is 639. The van der Waals surface area contributed by atoms with Gasteiger partial charge in [0, 0.05) is 10.9 Å². The van der Waals surface area contributed by atoms with Crippen LogP contribution in [0, 0.1) is 0 Å². The largest absolute Gasteiger partial charge is 0.493 e. The molecule has 3 rings (SSSR count). The number of benzene rings is 2. The van der Waals surface area contributed by atoms with Crippen molar-refractivity contribution in [3.05, 3.63) is 63.6 Å². The molecule has 2 aromatic rings. The fourth-order valence-corrected chi connectivity index (χ4v) is 3.16. The van der Waals surface area contributed by atoms with Crippen LogP contribution in [-0.2, 0) is 12.0 Å². The Morgan fingerprint density at radius 3 is 2.75 bits per heavy atom. The number of fused-ring (bicyclic) bond motifs is 1. The van der Waals surface area contributed by atoms with E-state index in [0.717, 1.165) is 34.4 Å². The van der Waals surface area contributed by atoms with Gasteiger partial charge in [-0.1, -0.05) is 41.1 Å². The van der Waals surface area contributed by atoms with Crippen LogP contribution in [0.25, 0.3) is 0 Å². The zero-order chi connectivity index (χ0) is 14.2. The Labute approximate surface area is 127 Å². The maximum absolute atomic E-state index is 11.2. The summed E-state index contributed by atoms with van der Waals surface area (Å²) < 4.78 is 6.51. The third-order valence-electron chi connectivity index (χ3n) is 3.98. The predicted molar refractivity (Wildman–Crippen MR) is 83.1 cm³/mol. The van der Waals surface area contributed by atoms with Crippen molar-refractivity contribution < 1.29 is 9.84 Å². The van der Waals surface area contributed by atoms with Gasteiger partial charge in [-0.25, -0.2) is 0 Å². The predicted octanol–water partition coefficient (Wildman–Crippen LogP) is 4.03. The van der Waals surface area contributed by atoms with Gasteiger partial charge in [0.25, 0.3) is 0 Å². The highest BCUT2D eigenvalue weighted by atomic mass is 79.9. The first-order valence-corrected chi connectivity index (χ1v) is 7.67. The van der Waals surface area contributed by atoms with Gasteiger partial charge in [-0.2, -0.15) is 0 Å². The van der Waals surface area contributed by atoms with Gasteiger partial charge in [-0.3, -0.25) is 0 Å². The molecule has 0 fully saturated rings. The van der Waals surface area contributed by atoms with Crippen LogP contribution in [-0.4, -0.2) is 11.7 Å². The van der Waals surface area contributed by atoms with Crippen LogP contribution < -0.4 is 4.74 Å². The summed E-state index contributed by atoms with van der Waals surface area (Å²) in [5.41, 5.74) is 2.07. The summed E-state index contributed by atoms with van der Waals surface area (Å²) in [6.45, 7) is 2.74. The fourth-order valence-electron chi connectivity index (χ4n) is 2.76. The van der Waals surface area contributed by atoms with Crippen molar-refractivity contribution in [2.75, 3.05) is 6.61 Å². The van der Waals surface area contributed by atoms with Crippen molar-refractivity contribution in [1.82, 2.24) is 0 Å². The quantitative estimate of drug-likeness (QED) is 0.919. The average Bonchev–Trinajstić information content (AvgIpc) is 2.93. The van der Waals surface area contributed by atoms with Gasteiger partial charge in [0.1, 0.15) is 11.4 Å². The molecule has 0 aromatic heterocycles. The molecular weight excluding hydrogens is 316 g/mol. The second kappa shape index (κ2) is 5.23. The van der Waals surface area contributed by atoms with Crippen LogP contribution in [0.3, 0.4) is 0 Å². The van der Waals surface area contributed by atoms with Gasteiger partial charge in [0.15, 0.2) is 0 Å². The molecule has 1 heterocycles. The summed E-state index contributed by atoms with van der Waals surface area (Å²) in [5.74, 6) is 0.946. The van der Waals surface area contributed by atoms with E-state index in [1.807, 2.05) is 43.3 Å². The third kappa shape index (κ3) is 2.25. The van der Waals surface area contributed by atoms with Gasteiger partial charge in [-0.15, -0.1) is 0 Å². The van der Waals surface area contributed by atoms with E-state index in [1.54, 1.807) is 0 Å². The van der Waals surface area contributed by atoms with Crippen molar-refractivity contribution in [3.8, 4) is 5.75 Å². The molecule has 2 nitrogen and oxygen atoms in total. The molecule has 1 aliphatic heterocycles. The lowest BCUT2D eigenvalue weighted by atomic mass is 9.83. The molecule has 1 atom stereocenters. The minimum absolute atomic E-state index is 0.628. The molecule has 0 radical (unpaired) electrons. The van der Waals surface area contributed by atoms with Crippen LogP contribution >= 0.6 is 15.9 Å². The number of ether oxygens (including phenoxy) is 1. The molecule has 3 heteroatoms. The van der Waals surface area contributed by atoms with Gasteiger partial charge in [0.05, 0.1) is 6.61 Å². The van der Waals surface area contributed by atoms with Crippen molar-refractivity contribution in [1.29, 1.82) is 0 Å². The minimum Gasteiger partial charge on any atom is -0.493 e.